The molecular weight excluding hydrogens is 252 g/mol. The Morgan fingerprint density at radius 3 is 2.39 bits per heavy atom. The average Bonchev–Trinajstić information content (AvgIpc) is 2.56. The van der Waals surface area contributed by atoms with Gasteiger partial charge in [-0.2, -0.15) is 0 Å². The van der Waals surface area contributed by atoms with Crippen LogP contribution in [-0.4, -0.2) is 28.0 Å². The van der Waals surface area contributed by atoms with E-state index >= 15 is 0 Å². The van der Waals surface area contributed by atoms with Gasteiger partial charge in [0.1, 0.15) is 10.9 Å². The van der Waals surface area contributed by atoms with Crippen LogP contribution in [0.3, 0.4) is 0 Å². The molecule has 1 heterocycles. The number of aliphatic carboxylic acids is 1. The summed E-state index contributed by atoms with van der Waals surface area (Å²) in [6, 6.07) is -0.848. The third kappa shape index (κ3) is 3.80. The molecule has 0 aliphatic rings. The fourth-order valence-corrected chi connectivity index (χ4v) is 2.48. The highest BCUT2D eigenvalue weighted by molar-refractivity contribution is 7.13. The number of nitrogens with zero attached hydrogens (tertiary/aromatic N) is 1. The molecule has 1 atom stereocenters. The fraction of sp³-hybridized carbons (Fsp3) is 0.583. The van der Waals surface area contributed by atoms with E-state index in [0.717, 1.165) is 5.01 Å². The van der Waals surface area contributed by atoms with Gasteiger partial charge in [-0.1, -0.05) is 13.8 Å². The number of carbonyl (C=O) groups is 2. The van der Waals surface area contributed by atoms with Crippen molar-refractivity contribution in [3.8, 4) is 0 Å². The first-order chi connectivity index (χ1) is 8.31. The molecule has 0 spiro atoms. The number of carbonyl (C=O) groups excluding carboxylic acids is 1. The van der Waals surface area contributed by atoms with Crippen LogP contribution < -0.4 is 5.32 Å². The SMILES string of the molecule is Cc1nc(C)c(C(=O)N[C@H](CC(C)C)C(=O)O)s1. The van der Waals surface area contributed by atoms with E-state index in [0.29, 0.717) is 17.0 Å². The Labute approximate surface area is 110 Å². The van der Waals surface area contributed by atoms with Gasteiger partial charge in [-0.25, -0.2) is 9.78 Å². The Hall–Kier alpha value is -1.43. The van der Waals surface area contributed by atoms with Crippen LogP contribution in [-0.2, 0) is 4.79 Å². The van der Waals surface area contributed by atoms with Crippen LogP contribution in [0.15, 0.2) is 0 Å². The number of aromatic nitrogens is 1. The van der Waals surface area contributed by atoms with Gasteiger partial charge >= 0.3 is 5.97 Å². The molecule has 6 heteroatoms. The van der Waals surface area contributed by atoms with Gasteiger partial charge in [0.15, 0.2) is 0 Å². The zero-order valence-corrected chi connectivity index (χ0v) is 11.8. The van der Waals surface area contributed by atoms with Crippen LogP contribution in [0, 0.1) is 19.8 Å². The van der Waals surface area contributed by atoms with Crippen LogP contribution in [0.5, 0.6) is 0 Å². The van der Waals surface area contributed by atoms with Crippen molar-refractivity contribution in [3.63, 3.8) is 0 Å². The first-order valence-corrected chi connectivity index (χ1v) is 6.60. The van der Waals surface area contributed by atoms with E-state index in [1.54, 1.807) is 6.92 Å². The predicted octanol–water partition coefficient (Wildman–Crippen LogP) is 1.99. The van der Waals surface area contributed by atoms with Gasteiger partial charge in [-0.3, -0.25) is 4.79 Å². The van der Waals surface area contributed by atoms with Crippen LogP contribution >= 0.6 is 11.3 Å². The zero-order valence-electron chi connectivity index (χ0n) is 11.0. The summed E-state index contributed by atoms with van der Waals surface area (Å²) in [6.45, 7) is 7.41. The number of aryl methyl sites for hydroxylation is 2. The van der Waals surface area contributed by atoms with E-state index in [1.165, 1.54) is 11.3 Å². The van der Waals surface area contributed by atoms with E-state index in [2.05, 4.69) is 10.3 Å². The van der Waals surface area contributed by atoms with Gasteiger partial charge in [0.05, 0.1) is 10.7 Å². The molecule has 0 aliphatic carbocycles. The molecule has 0 saturated heterocycles. The molecular formula is C12H18N2O3S. The molecule has 2 N–H and O–H groups in total. The van der Waals surface area contributed by atoms with Crippen molar-refractivity contribution in [2.75, 3.05) is 0 Å². The molecule has 1 aromatic heterocycles. The highest BCUT2D eigenvalue weighted by Crippen LogP contribution is 2.17. The van der Waals surface area contributed by atoms with Crippen LogP contribution in [0.1, 0.15) is 40.6 Å². The van der Waals surface area contributed by atoms with Gasteiger partial charge in [0, 0.05) is 0 Å². The summed E-state index contributed by atoms with van der Waals surface area (Å²) in [5.74, 6) is -1.15. The number of carboxylic acids is 1. The highest BCUT2D eigenvalue weighted by atomic mass is 32.1. The first kappa shape index (κ1) is 14.6. The van der Waals surface area contributed by atoms with E-state index in [9.17, 15) is 9.59 Å². The lowest BCUT2D eigenvalue weighted by Gasteiger charge is -2.15. The summed E-state index contributed by atoms with van der Waals surface area (Å²) >= 11 is 1.28. The Balaban J connectivity index is 2.78. The molecule has 100 valence electrons. The first-order valence-electron chi connectivity index (χ1n) is 5.79. The van der Waals surface area contributed by atoms with Gasteiger partial charge in [0.2, 0.25) is 0 Å². The maximum absolute atomic E-state index is 12.0. The number of amides is 1. The van der Waals surface area contributed by atoms with E-state index in [1.807, 2.05) is 20.8 Å². The number of carboxylic acid groups (broad SMARTS) is 1. The van der Waals surface area contributed by atoms with Crippen LogP contribution in [0.4, 0.5) is 0 Å². The van der Waals surface area contributed by atoms with Crippen LogP contribution in [0.2, 0.25) is 0 Å². The van der Waals surface area contributed by atoms with Crippen molar-refractivity contribution in [2.24, 2.45) is 5.92 Å². The van der Waals surface area contributed by atoms with E-state index in [4.69, 9.17) is 5.11 Å². The van der Waals surface area contributed by atoms with Gasteiger partial charge in [0.25, 0.3) is 5.91 Å². The number of nitrogens with one attached hydrogen (secondary N) is 1. The molecule has 1 aromatic rings. The minimum absolute atomic E-state index is 0.204. The van der Waals surface area contributed by atoms with Gasteiger partial charge in [-0.15, -0.1) is 11.3 Å². The number of hydrogen-bond donors (Lipinski definition) is 2. The average molecular weight is 270 g/mol. The minimum atomic E-state index is -1.00. The summed E-state index contributed by atoms with van der Waals surface area (Å²) in [5, 5.41) is 12.4. The van der Waals surface area contributed by atoms with Crippen molar-refractivity contribution in [2.45, 2.75) is 40.2 Å². The Morgan fingerprint density at radius 1 is 1.39 bits per heavy atom. The third-order valence-electron chi connectivity index (χ3n) is 2.42. The molecule has 0 aromatic carbocycles. The molecule has 0 fully saturated rings. The number of rotatable bonds is 5. The van der Waals surface area contributed by atoms with Gasteiger partial charge < -0.3 is 10.4 Å². The van der Waals surface area contributed by atoms with Crippen molar-refractivity contribution in [1.29, 1.82) is 0 Å². The lowest BCUT2D eigenvalue weighted by molar-refractivity contribution is -0.139. The van der Waals surface area contributed by atoms with E-state index in [-0.39, 0.29) is 11.8 Å². The van der Waals surface area contributed by atoms with Crippen molar-refractivity contribution in [1.82, 2.24) is 10.3 Å². The smallest absolute Gasteiger partial charge is 0.326 e. The van der Waals surface area contributed by atoms with Crippen LogP contribution in [0.25, 0.3) is 0 Å². The van der Waals surface area contributed by atoms with Gasteiger partial charge in [-0.05, 0) is 26.2 Å². The molecule has 0 saturated carbocycles. The quantitative estimate of drug-likeness (QED) is 0.857. The molecule has 0 bridgehead atoms. The molecule has 0 aliphatic heterocycles. The normalized spacial score (nSPS) is 12.5. The molecule has 1 amide bonds. The maximum Gasteiger partial charge on any atom is 0.326 e. The fourth-order valence-electron chi connectivity index (χ4n) is 1.66. The number of hydrogen-bond acceptors (Lipinski definition) is 4. The summed E-state index contributed by atoms with van der Waals surface area (Å²) < 4.78 is 0. The summed E-state index contributed by atoms with van der Waals surface area (Å²) in [6.07, 6.45) is 0.415. The van der Waals surface area contributed by atoms with Crippen molar-refractivity contribution < 1.29 is 14.7 Å². The molecule has 18 heavy (non-hydrogen) atoms. The highest BCUT2D eigenvalue weighted by Gasteiger charge is 2.23. The van der Waals surface area contributed by atoms with Crippen molar-refractivity contribution >= 4 is 23.2 Å². The summed E-state index contributed by atoms with van der Waals surface area (Å²) in [4.78, 5) is 27.7. The van der Waals surface area contributed by atoms with Crippen molar-refractivity contribution in [3.05, 3.63) is 15.6 Å². The predicted molar refractivity (Wildman–Crippen MR) is 69.9 cm³/mol. The third-order valence-corrected chi connectivity index (χ3v) is 3.49. The lowest BCUT2D eigenvalue weighted by atomic mass is 10.0. The Morgan fingerprint density at radius 2 is 2.00 bits per heavy atom. The maximum atomic E-state index is 12.0. The molecule has 1 rings (SSSR count). The number of thiazole rings is 1. The van der Waals surface area contributed by atoms with E-state index < -0.39 is 12.0 Å². The lowest BCUT2D eigenvalue weighted by Crippen LogP contribution is -2.41. The Kier molecular flexibility index (Phi) is 4.84. The molecule has 0 radical (unpaired) electrons. The second-order valence-corrected chi connectivity index (χ2v) is 5.84. The monoisotopic (exact) mass is 270 g/mol. The largest absolute Gasteiger partial charge is 0.480 e. The summed E-state index contributed by atoms with van der Waals surface area (Å²) in [5.41, 5.74) is 0.642. The standard InChI is InChI=1S/C12H18N2O3S/c1-6(2)5-9(12(16)17)14-11(15)10-7(3)13-8(4)18-10/h6,9H,5H2,1-4H3,(H,14,15)(H,16,17)/t9-/m1/s1. The topological polar surface area (TPSA) is 79.3 Å². The molecule has 0 unspecified atom stereocenters. The Bertz CT molecular complexity index is 454. The second-order valence-electron chi connectivity index (χ2n) is 4.64. The summed E-state index contributed by atoms with van der Waals surface area (Å²) in [7, 11) is 0. The second kappa shape index (κ2) is 5.95. The minimum Gasteiger partial charge on any atom is -0.480 e. The molecule has 5 nitrogen and oxygen atoms in total. The zero-order chi connectivity index (χ0) is 13.9.